The van der Waals surface area contributed by atoms with Gasteiger partial charge >= 0.3 is 0 Å². The predicted octanol–water partition coefficient (Wildman–Crippen LogP) is 5.77. The fourth-order valence-corrected chi connectivity index (χ4v) is 5.43. The van der Waals surface area contributed by atoms with E-state index in [1.807, 2.05) is 53.4 Å². The normalized spacial score (nSPS) is 16.3. The van der Waals surface area contributed by atoms with Crippen molar-refractivity contribution < 1.29 is 18.4 Å². The van der Waals surface area contributed by atoms with Gasteiger partial charge in [0.15, 0.2) is 5.58 Å². The van der Waals surface area contributed by atoms with Gasteiger partial charge in [0.25, 0.3) is 6.01 Å². The molecule has 0 spiro atoms. The largest absolute Gasteiger partial charge is 0.424 e. The third kappa shape index (κ3) is 5.74. The molecule has 0 radical (unpaired) electrons. The Hall–Kier alpha value is -4.99. The number of H-pyrrole nitrogens is 1. The Bertz CT molecular complexity index is 1670. The minimum Gasteiger partial charge on any atom is -0.424 e. The van der Waals surface area contributed by atoms with Crippen LogP contribution in [0, 0.1) is 5.82 Å². The van der Waals surface area contributed by atoms with Crippen molar-refractivity contribution in [3.8, 4) is 11.3 Å². The first kappa shape index (κ1) is 27.2. The van der Waals surface area contributed by atoms with Crippen LogP contribution in [-0.2, 0) is 9.59 Å². The van der Waals surface area contributed by atoms with Gasteiger partial charge in [0, 0.05) is 12.1 Å². The number of aromatic nitrogens is 3. The van der Waals surface area contributed by atoms with Crippen LogP contribution in [0.5, 0.6) is 0 Å². The van der Waals surface area contributed by atoms with Crippen molar-refractivity contribution >= 4 is 28.9 Å². The van der Waals surface area contributed by atoms with Crippen LogP contribution in [0.1, 0.15) is 49.7 Å². The number of halogens is 1. The molecule has 3 aromatic carbocycles. The molecule has 3 heterocycles. The number of oxazole rings is 1. The number of rotatable bonds is 9. The Labute approximate surface area is 242 Å². The number of nitrogens with one attached hydrogen (secondary N) is 3. The Morgan fingerprint density at radius 1 is 1.07 bits per heavy atom. The fourth-order valence-electron chi connectivity index (χ4n) is 5.43. The van der Waals surface area contributed by atoms with Gasteiger partial charge in [0.2, 0.25) is 11.8 Å². The summed E-state index contributed by atoms with van der Waals surface area (Å²) >= 11 is 0. The van der Waals surface area contributed by atoms with E-state index in [1.54, 1.807) is 31.2 Å². The number of benzene rings is 3. The van der Waals surface area contributed by atoms with Gasteiger partial charge in [-0.15, -0.1) is 0 Å². The summed E-state index contributed by atoms with van der Waals surface area (Å²) < 4.78 is 20.1. The molecule has 1 saturated heterocycles. The standard InChI is InChI=1S/C32H31FN6O3/c1-20(30-34-19-26(36-30)22-12-5-6-13-23(22)33)35-31(41)25(38-32-37-24-14-7-8-16-28(24)42-32)18-29(40)39-17-9-15-27(39)21-10-3-2-4-11-21/h2-8,10-14,16,19-20,25,27H,9,15,17-18H2,1H3,(H,34,36)(H,35,41)(H,37,38)/t20-,25?,27?/m0/s1. The zero-order valence-electron chi connectivity index (χ0n) is 23.1. The maximum atomic E-state index is 14.3. The smallest absolute Gasteiger partial charge is 0.296 e. The minimum absolute atomic E-state index is 0.0365. The number of para-hydroxylation sites is 2. The molecule has 2 unspecified atom stereocenters. The zero-order valence-corrected chi connectivity index (χ0v) is 23.1. The minimum atomic E-state index is -0.967. The van der Waals surface area contributed by atoms with Gasteiger partial charge in [0.05, 0.1) is 30.4 Å². The van der Waals surface area contributed by atoms with Crippen LogP contribution in [-0.4, -0.2) is 44.3 Å². The second kappa shape index (κ2) is 11.9. The molecule has 1 aliphatic heterocycles. The summed E-state index contributed by atoms with van der Waals surface area (Å²) in [6.45, 7) is 2.39. The highest BCUT2D eigenvalue weighted by atomic mass is 19.1. The molecule has 42 heavy (non-hydrogen) atoms. The topological polar surface area (TPSA) is 116 Å². The number of hydrogen-bond acceptors (Lipinski definition) is 6. The number of likely N-dealkylation sites (tertiary alicyclic amines) is 1. The first-order valence-corrected chi connectivity index (χ1v) is 14.0. The van der Waals surface area contributed by atoms with E-state index in [0.717, 1.165) is 18.4 Å². The molecule has 2 aromatic heterocycles. The summed E-state index contributed by atoms with van der Waals surface area (Å²) in [5.74, 6) is -0.478. The number of nitrogens with zero attached hydrogens (tertiary/aromatic N) is 3. The lowest BCUT2D eigenvalue weighted by atomic mass is 10.0. The van der Waals surface area contributed by atoms with Crippen LogP contribution < -0.4 is 10.6 Å². The Kier molecular flexibility index (Phi) is 7.68. The van der Waals surface area contributed by atoms with E-state index >= 15 is 0 Å². The molecule has 10 heteroatoms. The van der Waals surface area contributed by atoms with E-state index in [0.29, 0.717) is 34.7 Å². The molecule has 6 rings (SSSR count). The average Bonchev–Trinajstić information content (AvgIpc) is 3.77. The third-order valence-electron chi connectivity index (χ3n) is 7.57. The highest BCUT2D eigenvalue weighted by Crippen LogP contribution is 2.33. The molecule has 5 aromatic rings. The molecule has 3 N–H and O–H groups in total. The van der Waals surface area contributed by atoms with Crippen molar-refractivity contribution in [2.75, 3.05) is 11.9 Å². The average molecular weight is 567 g/mol. The van der Waals surface area contributed by atoms with Crippen molar-refractivity contribution in [2.45, 2.75) is 44.3 Å². The van der Waals surface area contributed by atoms with E-state index in [1.165, 1.54) is 12.3 Å². The summed E-state index contributed by atoms with van der Waals surface area (Å²) in [4.78, 5) is 41.1. The van der Waals surface area contributed by atoms with Crippen molar-refractivity contribution in [3.63, 3.8) is 0 Å². The van der Waals surface area contributed by atoms with Gasteiger partial charge in [-0.1, -0.05) is 54.6 Å². The van der Waals surface area contributed by atoms with E-state index < -0.39 is 18.0 Å². The van der Waals surface area contributed by atoms with E-state index in [9.17, 15) is 14.0 Å². The lowest BCUT2D eigenvalue weighted by molar-refractivity contribution is -0.135. The Balaban J connectivity index is 1.21. The first-order valence-electron chi connectivity index (χ1n) is 14.0. The zero-order chi connectivity index (χ0) is 29.1. The maximum absolute atomic E-state index is 14.3. The van der Waals surface area contributed by atoms with Crippen molar-refractivity contribution in [3.05, 3.63) is 102 Å². The lowest BCUT2D eigenvalue weighted by Crippen LogP contribution is -2.44. The monoisotopic (exact) mass is 566 g/mol. The first-order chi connectivity index (χ1) is 20.5. The molecule has 0 aliphatic carbocycles. The molecule has 9 nitrogen and oxygen atoms in total. The van der Waals surface area contributed by atoms with Crippen molar-refractivity contribution in [2.24, 2.45) is 0 Å². The molecule has 0 saturated carbocycles. The quantitative estimate of drug-likeness (QED) is 0.209. The number of hydrogen-bond donors (Lipinski definition) is 3. The summed E-state index contributed by atoms with van der Waals surface area (Å²) in [5.41, 5.74) is 3.17. The summed E-state index contributed by atoms with van der Waals surface area (Å²) in [6.07, 6.45) is 3.19. The van der Waals surface area contributed by atoms with Crippen LogP contribution in [0.2, 0.25) is 0 Å². The SMILES string of the molecule is C[C@H](NC(=O)C(CC(=O)N1CCCC1c1ccccc1)Nc1nc2ccccc2o1)c1ncc(-c2ccccc2F)[nH]1. The summed E-state index contributed by atoms with van der Waals surface area (Å²) in [7, 11) is 0. The molecular weight excluding hydrogens is 535 g/mol. The molecule has 2 amide bonds. The van der Waals surface area contributed by atoms with Crippen LogP contribution in [0.4, 0.5) is 10.4 Å². The number of aromatic amines is 1. The fraction of sp³-hybridized carbons (Fsp3) is 0.250. The Morgan fingerprint density at radius 3 is 2.64 bits per heavy atom. The highest BCUT2D eigenvalue weighted by Gasteiger charge is 2.33. The molecule has 214 valence electrons. The number of anilines is 1. The summed E-state index contributed by atoms with van der Waals surface area (Å²) in [5, 5.41) is 5.99. The maximum Gasteiger partial charge on any atom is 0.296 e. The van der Waals surface area contributed by atoms with E-state index in [-0.39, 0.29) is 30.2 Å². The van der Waals surface area contributed by atoms with Crippen LogP contribution >= 0.6 is 0 Å². The lowest BCUT2D eigenvalue weighted by Gasteiger charge is -2.27. The van der Waals surface area contributed by atoms with Gasteiger partial charge < -0.3 is 24.9 Å². The van der Waals surface area contributed by atoms with E-state index in [2.05, 4.69) is 25.6 Å². The van der Waals surface area contributed by atoms with Crippen LogP contribution in [0.15, 0.2) is 89.5 Å². The summed E-state index contributed by atoms with van der Waals surface area (Å²) in [6, 6.07) is 22.2. The van der Waals surface area contributed by atoms with E-state index in [4.69, 9.17) is 4.42 Å². The van der Waals surface area contributed by atoms with Crippen LogP contribution in [0.3, 0.4) is 0 Å². The molecule has 0 bridgehead atoms. The van der Waals surface area contributed by atoms with Crippen molar-refractivity contribution in [1.29, 1.82) is 0 Å². The second-order valence-electron chi connectivity index (χ2n) is 10.4. The number of carbonyl (C=O) groups is 2. The van der Waals surface area contributed by atoms with Gasteiger partial charge in [-0.2, -0.15) is 4.98 Å². The van der Waals surface area contributed by atoms with Gasteiger partial charge in [-0.25, -0.2) is 9.37 Å². The molecule has 1 aliphatic rings. The third-order valence-corrected chi connectivity index (χ3v) is 7.57. The Morgan fingerprint density at radius 2 is 1.83 bits per heavy atom. The van der Waals surface area contributed by atoms with Gasteiger partial charge in [-0.05, 0) is 49.6 Å². The molecular formula is C32H31FN6O3. The van der Waals surface area contributed by atoms with Gasteiger partial charge in [-0.3, -0.25) is 9.59 Å². The second-order valence-corrected chi connectivity index (χ2v) is 10.4. The highest BCUT2D eigenvalue weighted by molar-refractivity contribution is 5.91. The number of imidazole rings is 1. The number of amides is 2. The predicted molar refractivity (Wildman–Crippen MR) is 157 cm³/mol. The number of carbonyl (C=O) groups excluding carboxylic acids is 2. The van der Waals surface area contributed by atoms with Crippen molar-refractivity contribution in [1.82, 2.24) is 25.2 Å². The van der Waals surface area contributed by atoms with Crippen LogP contribution in [0.25, 0.3) is 22.4 Å². The number of fused-ring (bicyclic) bond motifs is 1. The van der Waals surface area contributed by atoms with Gasteiger partial charge in [0.1, 0.15) is 23.2 Å². The molecule has 1 fully saturated rings. The molecule has 3 atom stereocenters.